The van der Waals surface area contributed by atoms with E-state index >= 15 is 0 Å². The van der Waals surface area contributed by atoms with E-state index < -0.39 is 0 Å². The average Bonchev–Trinajstić information content (AvgIpc) is 3.02. The SMILES string of the molecule is CN=C(NCCc1nc(C)c(C)s1)NCc1ccc(N2CCOC(C)C2)nc1.I. The maximum atomic E-state index is 5.60. The van der Waals surface area contributed by atoms with E-state index in [1.165, 1.54) is 4.88 Å². The average molecular weight is 530 g/mol. The van der Waals surface area contributed by atoms with Crippen LogP contribution < -0.4 is 15.5 Å². The van der Waals surface area contributed by atoms with Gasteiger partial charge in [0.05, 0.1) is 23.4 Å². The zero-order valence-electron chi connectivity index (χ0n) is 17.6. The largest absolute Gasteiger partial charge is 0.375 e. The number of ether oxygens (including phenoxy) is 1. The molecule has 0 spiro atoms. The molecule has 29 heavy (non-hydrogen) atoms. The number of hydrogen-bond donors (Lipinski definition) is 2. The number of anilines is 1. The van der Waals surface area contributed by atoms with Gasteiger partial charge in [-0.3, -0.25) is 4.99 Å². The molecule has 1 atom stereocenters. The van der Waals surface area contributed by atoms with Gasteiger partial charge in [-0.1, -0.05) is 6.07 Å². The highest BCUT2D eigenvalue weighted by molar-refractivity contribution is 14.0. The first-order valence-electron chi connectivity index (χ1n) is 9.74. The monoisotopic (exact) mass is 530 g/mol. The quantitative estimate of drug-likeness (QED) is 0.340. The Morgan fingerprint density at radius 3 is 2.79 bits per heavy atom. The van der Waals surface area contributed by atoms with Gasteiger partial charge in [-0.05, 0) is 32.4 Å². The lowest BCUT2D eigenvalue weighted by Gasteiger charge is -2.32. The Morgan fingerprint density at radius 1 is 1.34 bits per heavy atom. The summed E-state index contributed by atoms with van der Waals surface area (Å²) in [7, 11) is 1.79. The summed E-state index contributed by atoms with van der Waals surface area (Å²) in [5.41, 5.74) is 2.25. The molecule has 3 heterocycles. The van der Waals surface area contributed by atoms with Crippen LogP contribution in [0.2, 0.25) is 0 Å². The van der Waals surface area contributed by atoms with Crippen LogP contribution in [0.3, 0.4) is 0 Å². The van der Waals surface area contributed by atoms with E-state index in [1.807, 2.05) is 6.20 Å². The van der Waals surface area contributed by atoms with Gasteiger partial charge in [0.25, 0.3) is 0 Å². The van der Waals surface area contributed by atoms with Crippen molar-refractivity contribution in [3.63, 3.8) is 0 Å². The van der Waals surface area contributed by atoms with E-state index in [4.69, 9.17) is 4.74 Å². The van der Waals surface area contributed by atoms with Crippen LogP contribution in [0.25, 0.3) is 0 Å². The molecule has 0 bridgehead atoms. The molecule has 0 radical (unpaired) electrons. The normalized spacial score (nSPS) is 17.0. The van der Waals surface area contributed by atoms with E-state index in [2.05, 4.69) is 63.4 Å². The fourth-order valence-electron chi connectivity index (χ4n) is 3.08. The van der Waals surface area contributed by atoms with Crippen LogP contribution in [0.4, 0.5) is 5.82 Å². The molecule has 2 N–H and O–H groups in total. The molecular formula is C20H31IN6OS. The van der Waals surface area contributed by atoms with Crippen molar-refractivity contribution < 1.29 is 4.74 Å². The van der Waals surface area contributed by atoms with Crippen molar-refractivity contribution in [2.24, 2.45) is 4.99 Å². The maximum absolute atomic E-state index is 5.60. The summed E-state index contributed by atoms with van der Waals surface area (Å²) in [6, 6.07) is 4.20. The Labute approximate surface area is 194 Å². The van der Waals surface area contributed by atoms with Crippen LogP contribution in [0, 0.1) is 13.8 Å². The van der Waals surface area contributed by atoms with Gasteiger partial charge in [0, 0.05) is 50.7 Å². The van der Waals surface area contributed by atoms with E-state index in [1.54, 1.807) is 18.4 Å². The van der Waals surface area contributed by atoms with Crippen molar-refractivity contribution in [3.05, 3.63) is 39.5 Å². The first kappa shape index (κ1) is 23.8. The number of rotatable bonds is 6. The number of aryl methyl sites for hydroxylation is 2. The molecule has 1 fully saturated rings. The van der Waals surface area contributed by atoms with Gasteiger partial charge in [-0.15, -0.1) is 35.3 Å². The third-order valence-corrected chi connectivity index (χ3v) is 5.89. The number of thiazole rings is 1. The van der Waals surface area contributed by atoms with Crippen LogP contribution >= 0.6 is 35.3 Å². The molecule has 2 aromatic rings. The Bertz CT molecular complexity index is 775. The number of aliphatic imine (C=N–C) groups is 1. The number of nitrogens with zero attached hydrogens (tertiary/aromatic N) is 4. The highest BCUT2D eigenvalue weighted by Gasteiger charge is 2.17. The molecule has 1 aliphatic heterocycles. The Kier molecular flexibility index (Phi) is 9.57. The standard InChI is InChI=1S/C20H30N6OS.HI/c1-14-13-26(9-10-27-14)18-6-5-17(11-23-18)12-24-20(21-4)22-8-7-19-25-15(2)16(3)28-19;/h5-6,11,14H,7-10,12-13H2,1-4H3,(H2,21,22,24);1H. The summed E-state index contributed by atoms with van der Waals surface area (Å²) < 4.78 is 5.60. The number of guanidine groups is 1. The molecule has 0 saturated carbocycles. The van der Waals surface area contributed by atoms with E-state index in [9.17, 15) is 0 Å². The van der Waals surface area contributed by atoms with E-state index in [0.717, 1.165) is 60.7 Å². The molecule has 2 aromatic heterocycles. The van der Waals surface area contributed by atoms with Gasteiger partial charge in [0.1, 0.15) is 5.82 Å². The third kappa shape index (κ3) is 7.07. The predicted molar refractivity (Wildman–Crippen MR) is 131 cm³/mol. The minimum absolute atomic E-state index is 0. The molecule has 3 rings (SSSR count). The predicted octanol–water partition coefficient (Wildman–Crippen LogP) is 2.91. The smallest absolute Gasteiger partial charge is 0.191 e. The van der Waals surface area contributed by atoms with Crippen LogP contribution in [0.1, 0.15) is 28.1 Å². The minimum Gasteiger partial charge on any atom is -0.375 e. The lowest BCUT2D eigenvalue weighted by molar-refractivity contribution is 0.0529. The van der Waals surface area contributed by atoms with E-state index in [0.29, 0.717) is 6.54 Å². The van der Waals surface area contributed by atoms with Gasteiger partial charge < -0.3 is 20.3 Å². The molecule has 0 aromatic carbocycles. The van der Waals surface area contributed by atoms with Crippen molar-refractivity contribution in [1.82, 2.24) is 20.6 Å². The summed E-state index contributed by atoms with van der Waals surface area (Å²) in [5.74, 6) is 1.80. The second kappa shape index (κ2) is 11.7. The van der Waals surface area contributed by atoms with Crippen LogP contribution in [-0.2, 0) is 17.7 Å². The molecule has 1 unspecified atom stereocenters. The molecule has 1 aliphatic rings. The van der Waals surface area contributed by atoms with Gasteiger partial charge >= 0.3 is 0 Å². The number of hydrogen-bond acceptors (Lipinski definition) is 6. The van der Waals surface area contributed by atoms with Gasteiger partial charge in [0.15, 0.2) is 5.96 Å². The Balaban J connectivity index is 0.00000300. The molecular weight excluding hydrogens is 499 g/mol. The lowest BCUT2D eigenvalue weighted by Crippen LogP contribution is -2.41. The first-order chi connectivity index (χ1) is 13.5. The molecule has 0 aliphatic carbocycles. The number of aromatic nitrogens is 2. The zero-order valence-corrected chi connectivity index (χ0v) is 20.7. The molecule has 0 amide bonds. The topological polar surface area (TPSA) is 74.7 Å². The van der Waals surface area contributed by atoms with Crippen LogP contribution in [0.15, 0.2) is 23.3 Å². The zero-order chi connectivity index (χ0) is 19.9. The molecule has 160 valence electrons. The molecule has 9 heteroatoms. The fraction of sp³-hybridized carbons (Fsp3) is 0.550. The Morgan fingerprint density at radius 2 is 2.17 bits per heavy atom. The van der Waals surface area contributed by atoms with Crippen molar-refractivity contribution >= 4 is 47.1 Å². The summed E-state index contributed by atoms with van der Waals surface area (Å²) in [6.07, 6.45) is 3.08. The molecule has 7 nitrogen and oxygen atoms in total. The summed E-state index contributed by atoms with van der Waals surface area (Å²) in [6.45, 7) is 10.3. The summed E-state index contributed by atoms with van der Waals surface area (Å²) >= 11 is 1.77. The molecule has 1 saturated heterocycles. The lowest BCUT2D eigenvalue weighted by atomic mass is 10.2. The fourth-order valence-corrected chi connectivity index (χ4v) is 4.01. The van der Waals surface area contributed by atoms with Crippen molar-refractivity contribution in [1.29, 1.82) is 0 Å². The van der Waals surface area contributed by atoms with Gasteiger partial charge in [-0.2, -0.15) is 0 Å². The maximum Gasteiger partial charge on any atom is 0.191 e. The second-order valence-electron chi connectivity index (χ2n) is 7.00. The Hall–Kier alpha value is -1.46. The van der Waals surface area contributed by atoms with Crippen molar-refractivity contribution in [3.8, 4) is 0 Å². The highest BCUT2D eigenvalue weighted by Crippen LogP contribution is 2.17. The van der Waals surface area contributed by atoms with Gasteiger partial charge in [-0.25, -0.2) is 9.97 Å². The number of nitrogens with one attached hydrogen (secondary N) is 2. The third-order valence-electron chi connectivity index (χ3n) is 4.76. The highest BCUT2D eigenvalue weighted by atomic mass is 127. The van der Waals surface area contributed by atoms with Crippen molar-refractivity contribution in [2.45, 2.75) is 39.8 Å². The number of morpholine rings is 1. The summed E-state index contributed by atoms with van der Waals surface area (Å²) in [5, 5.41) is 7.85. The number of pyridine rings is 1. The van der Waals surface area contributed by atoms with E-state index in [-0.39, 0.29) is 30.1 Å². The minimum atomic E-state index is 0. The summed E-state index contributed by atoms with van der Waals surface area (Å²) in [4.78, 5) is 17.0. The van der Waals surface area contributed by atoms with Crippen LogP contribution in [-0.4, -0.2) is 55.3 Å². The number of halogens is 1. The second-order valence-corrected chi connectivity index (χ2v) is 8.29. The van der Waals surface area contributed by atoms with Crippen LogP contribution in [0.5, 0.6) is 0 Å². The first-order valence-corrected chi connectivity index (χ1v) is 10.6. The van der Waals surface area contributed by atoms with Crippen molar-refractivity contribution in [2.75, 3.05) is 38.2 Å². The van der Waals surface area contributed by atoms with Gasteiger partial charge in [0.2, 0.25) is 0 Å².